The molecule has 1 aliphatic rings. The van der Waals surface area contributed by atoms with Gasteiger partial charge in [0.1, 0.15) is 0 Å². The molecule has 0 aliphatic heterocycles. The molecule has 6 nitrogen and oxygen atoms in total. The van der Waals surface area contributed by atoms with Gasteiger partial charge < -0.3 is 5.32 Å². The molecule has 1 saturated carbocycles. The molecule has 1 aromatic heterocycles. The topological polar surface area (TPSA) is 79.4 Å². The molecule has 8 heteroatoms. The van der Waals surface area contributed by atoms with Crippen molar-refractivity contribution in [3.63, 3.8) is 0 Å². The van der Waals surface area contributed by atoms with Gasteiger partial charge in [-0.25, -0.2) is 8.42 Å². The van der Waals surface area contributed by atoms with Crippen LogP contribution in [0.5, 0.6) is 0 Å². The number of nitrogens with one attached hydrogen (secondary N) is 1. The lowest BCUT2D eigenvalue weighted by atomic mass is 9.79. The summed E-state index contributed by atoms with van der Waals surface area (Å²) in [4.78, 5) is 15.8. The van der Waals surface area contributed by atoms with Crippen molar-refractivity contribution in [3.05, 3.63) is 36.2 Å². The maximum Gasteiger partial charge on any atom is 0.243 e. The number of pyridine rings is 1. The van der Waals surface area contributed by atoms with E-state index in [1.807, 2.05) is 12.1 Å². The lowest BCUT2D eigenvalue weighted by Gasteiger charge is -2.43. The minimum Gasteiger partial charge on any atom is -0.353 e. The van der Waals surface area contributed by atoms with E-state index in [2.05, 4.69) is 10.3 Å². The van der Waals surface area contributed by atoms with Gasteiger partial charge >= 0.3 is 0 Å². The zero-order valence-corrected chi connectivity index (χ0v) is 19.2. The van der Waals surface area contributed by atoms with Gasteiger partial charge in [0, 0.05) is 37.1 Å². The molecule has 174 valence electrons. The van der Waals surface area contributed by atoms with Crippen LogP contribution in [-0.4, -0.2) is 48.9 Å². The molecule has 0 bridgehead atoms. The predicted octanol–water partition coefficient (Wildman–Crippen LogP) is 4.05. The molecule has 0 radical (unpaired) electrons. The molecule has 1 amide bonds. The predicted molar refractivity (Wildman–Crippen MR) is 123 cm³/mol. The van der Waals surface area contributed by atoms with Crippen molar-refractivity contribution in [1.82, 2.24) is 14.6 Å². The lowest BCUT2D eigenvalue weighted by Crippen LogP contribution is -2.50. The zero-order valence-electron chi connectivity index (χ0n) is 18.3. The first-order valence-corrected chi connectivity index (χ1v) is 12.5. The van der Waals surface area contributed by atoms with Crippen molar-refractivity contribution in [2.45, 2.75) is 76.2 Å². The number of nitrogens with zero attached hydrogens (tertiary/aromatic N) is 2. The molecule has 0 spiro atoms. The van der Waals surface area contributed by atoms with Crippen molar-refractivity contribution in [2.24, 2.45) is 0 Å². The molecule has 2 rings (SSSR count). The smallest absolute Gasteiger partial charge is 0.243 e. The van der Waals surface area contributed by atoms with E-state index in [1.165, 1.54) is 6.08 Å². The Balaban J connectivity index is 1.61. The summed E-state index contributed by atoms with van der Waals surface area (Å²) in [6.45, 7) is 0.631. The normalized spacial score (nSPS) is 16.2. The summed E-state index contributed by atoms with van der Waals surface area (Å²) < 4.78 is 38.5. The number of carbonyl (C=O) groups is 1. The third-order valence-corrected chi connectivity index (χ3v) is 7.06. The number of aromatic nitrogens is 1. The monoisotopic (exact) mass is 453 g/mol. The first-order valence-electron chi connectivity index (χ1n) is 11.4. The van der Waals surface area contributed by atoms with Gasteiger partial charge in [-0.2, -0.15) is 4.31 Å². The molecule has 1 aromatic rings. The van der Waals surface area contributed by atoms with Gasteiger partial charge in [-0.1, -0.05) is 44.6 Å². The maximum absolute atomic E-state index is 13.1. The van der Waals surface area contributed by atoms with Crippen molar-refractivity contribution in [1.29, 1.82) is 0 Å². The van der Waals surface area contributed by atoms with Gasteiger partial charge in [0.15, 0.2) is 0 Å². The van der Waals surface area contributed by atoms with E-state index in [0.717, 1.165) is 69.8 Å². The molecule has 0 unspecified atom stereocenters. The molecule has 0 aromatic carbocycles. The number of hydrogen-bond donors (Lipinski definition) is 2. The Hall–Kier alpha value is -1.80. The van der Waals surface area contributed by atoms with Gasteiger partial charge in [0.05, 0.1) is 6.67 Å². The van der Waals surface area contributed by atoms with E-state index in [1.54, 1.807) is 22.8 Å². The van der Waals surface area contributed by atoms with Crippen LogP contribution < -0.4 is 5.32 Å². The second kappa shape index (κ2) is 14.3. The van der Waals surface area contributed by atoms with Crippen molar-refractivity contribution in [3.8, 4) is 0 Å². The maximum atomic E-state index is 13.1. The Kier molecular flexibility index (Phi) is 11.7. The number of carbonyl (C=O) groups excluding carboxylic acids is 1. The Bertz CT molecular complexity index is 736. The van der Waals surface area contributed by atoms with Gasteiger partial charge in [-0.3, -0.25) is 14.2 Å². The van der Waals surface area contributed by atoms with Gasteiger partial charge in [0.2, 0.25) is 16.8 Å². The average Bonchev–Trinajstić information content (AvgIpc) is 2.77. The van der Waals surface area contributed by atoms with Crippen LogP contribution in [0.15, 0.2) is 30.6 Å². The van der Waals surface area contributed by atoms with Gasteiger partial charge in [-0.15, -0.1) is 0 Å². The van der Waals surface area contributed by atoms with E-state index < -0.39 is 23.1 Å². The van der Waals surface area contributed by atoms with Gasteiger partial charge in [0.25, 0.3) is 0 Å². The van der Waals surface area contributed by atoms with Crippen molar-refractivity contribution in [2.75, 3.05) is 19.8 Å². The summed E-state index contributed by atoms with van der Waals surface area (Å²) in [5, 5.41) is 2.87. The largest absolute Gasteiger partial charge is 0.353 e. The minimum atomic E-state index is -2.70. The van der Waals surface area contributed by atoms with E-state index in [0.29, 0.717) is 19.5 Å². The second-order valence-electron chi connectivity index (χ2n) is 8.26. The third-order valence-electron chi connectivity index (χ3n) is 6.05. The molecule has 1 fully saturated rings. The number of hydrogen-bond acceptors (Lipinski definition) is 4. The number of amides is 1. The summed E-state index contributed by atoms with van der Waals surface area (Å²) in [5.41, 5.74) is 0.378. The Morgan fingerprint density at radius 1 is 1.16 bits per heavy atom. The van der Waals surface area contributed by atoms with Crippen LogP contribution in [-0.2, 0) is 15.7 Å². The number of rotatable bonds is 14. The van der Waals surface area contributed by atoms with Crippen LogP contribution in [0.1, 0.15) is 76.2 Å². The highest BCUT2D eigenvalue weighted by molar-refractivity contribution is 7.69. The van der Waals surface area contributed by atoms with E-state index in [9.17, 15) is 17.6 Å². The number of alkyl halides is 1. The number of thiol groups is 1. The van der Waals surface area contributed by atoms with Crippen LogP contribution >= 0.6 is 0 Å². The molecular formula is C23H36FN3O3S. The van der Waals surface area contributed by atoms with E-state index in [-0.39, 0.29) is 5.91 Å². The van der Waals surface area contributed by atoms with Gasteiger partial charge in [-0.05, 0) is 49.8 Å². The van der Waals surface area contributed by atoms with Crippen LogP contribution in [0.4, 0.5) is 4.39 Å². The van der Waals surface area contributed by atoms with Crippen molar-refractivity contribution < 1.29 is 17.6 Å². The standard InChI is InChI=1S/C23H36FN3O3S/c24-16-15-23(13-5-4-6-14-23)27(31(29)30)19-8-3-1-2-7-18-26-22(28)12-11-21-10-9-17-25-20-21/h9-12,17,20,31H,1-8,13-16,18-19H2,(H,26,28)/b12-11+. The summed E-state index contributed by atoms with van der Waals surface area (Å²) in [7, 11) is -2.70. The van der Waals surface area contributed by atoms with E-state index >= 15 is 0 Å². The molecule has 0 saturated heterocycles. The van der Waals surface area contributed by atoms with Crippen LogP contribution in [0, 0.1) is 0 Å². The van der Waals surface area contributed by atoms with Crippen LogP contribution in [0.3, 0.4) is 0 Å². The highest BCUT2D eigenvalue weighted by Crippen LogP contribution is 2.37. The SMILES string of the molecule is O=C(/C=C/c1cccnc1)NCCCCCCCN([SH](=O)=O)C1(CCF)CCCCC1. The number of unbranched alkanes of at least 4 members (excludes halogenated alkanes) is 4. The fraction of sp³-hybridized carbons (Fsp3) is 0.652. The van der Waals surface area contributed by atoms with Crippen LogP contribution in [0.2, 0.25) is 0 Å². The minimum absolute atomic E-state index is 0.121. The quantitative estimate of drug-likeness (QED) is 0.253. The molecule has 1 aliphatic carbocycles. The Labute approximate surface area is 187 Å². The summed E-state index contributed by atoms with van der Waals surface area (Å²) in [6.07, 6.45) is 16.1. The molecular weight excluding hydrogens is 417 g/mol. The van der Waals surface area contributed by atoms with Crippen molar-refractivity contribution >= 4 is 22.9 Å². The third kappa shape index (κ3) is 9.07. The Morgan fingerprint density at radius 2 is 1.90 bits per heavy atom. The summed E-state index contributed by atoms with van der Waals surface area (Å²) in [5.74, 6) is -0.121. The molecule has 1 N–H and O–H groups in total. The lowest BCUT2D eigenvalue weighted by molar-refractivity contribution is -0.116. The molecule has 0 atom stereocenters. The summed E-state index contributed by atoms with van der Waals surface area (Å²) >= 11 is 0. The fourth-order valence-electron chi connectivity index (χ4n) is 4.35. The second-order valence-corrected chi connectivity index (χ2v) is 9.22. The first kappa shape index (κ1) is 25.5. The highest BCUT2D eigenvalue weighted by Gasteiger charge is 2.39. The highest BCUT2D eigenvalue weighted by atomic mass is 32.2. The van der Waals surface area contributed by atoms with E-state index in [4.69, 9.17) is 0 Å². The van der Waals surface area contributed by atoms with Crippen LogP contribution in [0.25, 0.3) is 6.08 Å². The zero-order chi connectivity index (χ0) is 22.4. The molecule has 1 heterocycles. The first-order chi connectivity index (χ1) is 15.1. The molecule has 31 heavy (non-hydrogen) atoms. The Morgan fingerprint density at radius 3 is 2.58 bits per heavy atom. The number of halogens is 1. The average molecular weight is 454 g/mol. The fourth-order valence-corrected chi connectivity index (χ4v) is 5.30. The summed E-state index contributed by atoms with van der Waals surface area (Å²) in [6, 6.07) is 3.71.